The van der Waals surface area contributed by atoms with Crippen molar-refractivity contribution in [1.29, 1.82) is 0 Å². The van der Waals surface area contributed by atoms with E-state index in [1.165, 1.54) is 20.1 Å². The Morgan fingerprint density at radius 3 is 2.59 bits per heavy atom. The molecule has 0 aromatic heterocycles. The highest BCUT2D eigenvalue weighted by Gasteiger charge is 2.18. The lowest BCUT2D eigenvalue weighted by Gasteiger charge is -2.11. The fourth-order valence-corrected chi connectivity index (χ4v) is 2.19. The summed E-state index contributed by atoms with van der Waals surface area (Å²) in [6.45, 7) is 1.29. The molecule has 92 valence electrons. The quantitative estimate of drug-likeness (QED) is 0.504. The number of ether oxygens (including phenoxy) is 1. The highest BCUT2D eigenvalue weighted by atomic mass is 127. The molecule has 0 atom stereocenters. The number of carbonyl (C=O) groups excluding carboxylic acids is 2. The van der Waals surface area contributed by atoms with E-state index in [4.69, 9.17) is 16.4 Å². The summed E-state index contributed by atoms with van der Waals surface area (Å²) in [7, 11) is 1.25. The number of halogens is 2. The molecule has 0 saturated heterocycles. The van der Waals surface area contributed by atoms with Gasteiger partial charge in [-0.3, -0.25) is 4.79 Å². The largest absolute Gasteiger partial charge is 0.465 e. The minimum atomic E-state index is -0.592. The lowest BCUT2D eigenvalue weighted by atomic mass is 10.2. The first-order valence-electron chi connectivity index (χ1n) is 4.46. The summed E-state index contributed by atoms with van der Waals surface area (Å²) in [5.74, 6) is -0.769. The Bertz CT molecular complexity index is 464. The van der Waals surface area contributed by atoms with E-state index < -0.39 is 5.97 Å². The van der Waals surface area contributed by atoms with Crippen molar-refractivity contribution in [1.82, 2.24) is 5.48 Å². The fraction of sp³-hybridized carbons (Fsp3) is 0.200. The van der Waals surface area contributed by atoms with Crippen LogP contribution < -0.4 is 10.3 Å². The molecule has 7 heteroatoms. The second-order valence-corrected chi connectivity index (χ2v) is 4.61. The maximum atomic E-state index is 11.5. The van der Waals surface area contributed by atoms with Crippen LogP contribution in [0.15, 0.2) is 12.1 Å². The van der Waals surface area contributed by atoms with Gasteiger partial charge < -0.3 is 9.57 Å². The normalized spacial score (nSPS) is 9.65. The Kier molecular flexibility index (Phi) is 5.01. The third-order valence-electron chi connectivity index (χ3n) is 1.71. The molecular weight excluding hydrogens is 360 g/mol. The molecule has 1 amide bonds. The molecule has 1 rings (SSSR count). The zero-order valence-corrected chi connectivity index (χ0v) is 12.0. The molecule has 0 saturated carbocycles. The number of nitrogens with one attached hydrogen (secondary N) is 1. The topological polar surface area (TPSA) is 64.6 Å². The molecule has 0 fully saturated rings. The molecule has 0 aliphatic rings. The summed E-state index contributed by atoms with van der Waals surface area (Å²) in [4.78, 5) is 27.3. The van der Waals surface area contributed by atoms with E-state index in [-0.39, 0.29) is 17.2 Å². The SMILES string of the molecule is COC(=O)c1cc(Cl)cc(I)c1ONC(C)=O. The molecule has 5 nitrogen and oxygen atoms in total. The smallest absolute Gasteiger partial charge is 0.341 e. The number of carbonyl (C=O) groups is 2. The van der Waals surface area contributed by atoms with Gasteiger partial charge in [0.05, 0.1) is 10.7 Å². The second-order valence-electron chi connectivity index (χ2n) is 3.02. The Hall–Kier alpha value is -1.02. The van der Waals surface area contributed by atoms with Gasteiger partial charge in [0.2, 0.25) is 5.91 Å². The molecule has 17 heavy (non-hydrogen) atoms. The molecule has 0 radical (unpaired) electrons. The monoisotopic (exact) mass is 369 g/mol. The van der Waals surface area contributed by atoms with Crippen LogP contribution in [0.4, 0.5) is 0 Å². The average molecular weight is 370 g/mol. The number of hydroxylamine groups is 1. The average Bonchev–Trinajstić information content (AvgIpc) is 2.25. The number of amides is 1. The van der Waals surface area contributed by atoms with Gasteiger partial charge in [0.15, 0.2) is 5.75 Å². The van der Waals surface area contributed by atoms with Gasteiger partial charge >= 0.3 is 5.97 Å². The fourth-order valence-electron chi connectivity index (χ4n) is 1.05. The third-order valence-corrected chi connectivity index (χ3v) is 2.73. The lowest BCUT2D eigenvalue weighted by molar-refractivity contribution is -0.125. The zero-order chi connectivity index (χ0) is 13.0. The molecule has 0 bridgehead atoms. The molecule has 0 aliphatic heterocycles. The van der Waals surface area contributed by atoms with Crippen LogP contribution in [0.5, 0.6) is 5.75 Å². The van der Waals surface area contributed by atoms with Crippen LogP contribution in [0.2, 0.25) is 5.02 Å². The van der Waals surface area contributed by atoms with Gasteiger partial charge in [-0.1, -0.05) is 11.6 Å². The molecule has 0 heterocycles. The van der Waals surface area contributed by atoms with E-state index in [1.807, 2.05) is 22.6 Å². The van der Waals surface area contributed by atoms with E-state index in [0.717, 1.165) is 0 Å². The molecule has 1 aromatic carbocycles. The van der Waals surface area contributed by atoms with E-state index >= 15 is 0 Å². The predicted molar refractivity (Wildman–Crippen MR) is 70.0 cm³/mol. The maximum absolute atomic E-state index is 11.5. The number of benzene rings is 1. The molecule has 1 N–H and O–H groups in total. The summed E-state index contributed by atoms with van der Waals surface area (Å²) >= 11 is 7.77. The molecule has 0 unspecified atom stereocenters. The van der Waals surface area contributed by atoms with Crippen LogP contribution in [0.25, 0.3) is 0 Å². The van der Waals surface area contributed by atoms with Crippen LogP contribution in [0.1, 0.15) is 17.3 Å². The Balaban J connectivity index is 3.15. The van der Waals surface area contributed by atoms with Gasteiger partial charge in [-0.15, -0.1) is 0 Å². The number of hydrogen-bond acceptors (Lipinski definition) is 4. The summed E-state index contributed by atoms with van der Waals surface area (Å²) in [6, 6.07) is 3.01. The number of esters is 1. The molecule has 1 aromatic rings. The number of methoxy groups -OCH3 is 1. The minimum Gasteiger partial charge on any atom is -0.465 e. The predicted octanol–water partition coefficient (Wildman–Crippen LogP) is 2.16. The Labute approximate surface area is 117 Å². The van der Waals surface area contributed by atoms with Crippen LogP contribution in [-0.4, -0.2) is 19.0 Å². The van der Waals surface area contributed by atoms with E-state index in [9.17, 15) is 9.59 Å². The lowest BCUT2D eigenvalue weighted by Crippen LogP contribution is -2.25. The maximum Gasteiger partial charge on any atom is 0.341 e. The van der Waals surface area contributed by atoms with Crippen molar-refractivity contribution in [2.75, 3.05) is 7.11 Å². The van der Waals surface area contributed by atoms with Crippen molar-refractivity contribution in [2.24, 2.45) is 0 Å². The molecule has 0 spiro atoms. The van der Waals surface area contributed by atoms with Crippen molar-refractivity contribution < 1.29 is 19.2 Å². The minimum absolute atomic E-state index is 0.151. The van der Waals surface area contributed by atoms with Crippen molar-refractivity contribution in [3.05, 3.63) is 26.3 Å². The van der Waals surface area contributed by atoms with Gasteiger partial charge in [0, 0.05) is 11.9 Å². The molecule has 0 aliphatic carbocycles. The van der Waals surface area contributed by atoms with Crippen LogP contribution in [0.3, 0.4) is 0 Å². The number of rotatable bonds is 3. The van der Waals surface area contributed by atoms with E-state index in [0.29, 0.717) is 8.59 Å². The summed E-state index contributed by atoms with van der Waals surface area (Å²) < 4.78 is 5.19. The third kappa shape index (κ3) is 3.74. The van der Waals surface area contributed by atoms with Crippen LogP contribution >= 0.6 is 34.2 Å². The highest BCUT2D eigenvalue weighted by Crippen LogP contribution is 2.29. The van der Waals surface area contributed by atoms with Crippen molar-refractivity contribution >= 4 is 46.1 Å². The first kappa shape index (κ1) is 14.0. The van der Waals surface area contributed by atoms with Gasteiger partial charge in [-0.05, 0) is 34.7 Å². The van der Waals surface area contributed by atoms with Crippen LogP contribution in [-0.2, 0) is 9.53 Å². The standard InChI is InChI=1S/C10H9ClINO4/c1-5(14)13-17-9-7(10(15)16-2)3-6(11)4-8(9)12/h3-4H,1-2H3,(H,13,14). The Morgan fingerprint density at radius 1 is 1.41 bits per heavy atom. The summed E-state index contributed by atoms with van der Waals surface area (Å²) in [5.41, 5.74) is 2.30. The first-order valence-corrected chi connectivity index (χ1v) is 5.92. The zero-order valence-electron chi connectivity index (χ0n) is 9.04. The van der Waals surface area contributed by atoms with Gasteiger partial charge in [0.25, 0.3) is 0 Å². The van der Waals surface area contributed by atoms with E-state index in [1.54, 1.807) is 6.07 Å². The first-order chi connectivity index (χ1) is 7.95. The number of hydrogen-bond donors (Lipinski definition) is 1. The van der Waals surface area contributed by atoms with Gasteiger partial charge in [-0.2, -0.15) is 5.48 Å². The molecular formula is C10H9ClINO4. The van der Waals surface area contributed by atoms with Gasteiger partial charge in [0.1, 0.15) is 5.56 Å². The highest BCUT2D eigenvalue weighted by molar-refractivity contribution is 14.1. The Morgan fingerprint density at radius 2 is 2.06 bits per heavy atom. The van der Waals surface area contributed by atoms with Crippen molar-refractivity contribution in [3.63, 3.8) is 0 Å². The van der Waals surface area contributed by atoms with Crippen molar-refractivity contribution in [2.45, 2.75) is 6.92 Å². The van der Waals surface area contributed by atoms with Crippen LogP contribution in [0, 0.1) is 3.57 Å². The van der Waals surface area contributed by atoms with Gasteiger partial charge in [-0.25, -0.2) is 4.79 Å². The van der Waals surface area contributed by atoms with E-state index in [2.05, 4.69) is 10.2 Å². The van der Waals surface area contributed by atoms with Crippen molar-refractivity contribution in [3.8, 4) is 5.75 Å². The summed E-state index contributed by atoms with van der Waals surface area (Å²) in [6.07, 6.45) is 0. The summed E-state index contributed by atoms with van der Waals surface area (Å²) in [5, 5.41) is 0.380. The second kappa shape index (κ2) is 6.06.